The number of imidazole rings is 1. The van der Waals surface area contributed by atoms with E-state index in [4.69, 9.17) is 10.1 Å². The second-order valence-electron chi connectivity index (χ2n) is 5.76. The van der Waals surface area contributed by atoms with E-state index >= 15 is 0 Å². The first-order chi connectivity index (χ1) is 11.0. The molecule has 1 aliphatic heterocycles. The number of H-pyrrole nitrogens is 1. The van der Waals surface area contributed by atoms with Gasteiger partial charge in [-0.05, 0) is 32.0 Å². The summed E-state index contributed by atoms with van der Waals surface area (Å²) in [4.78, 5) is 9.03. The van der Waals surface area contributed by atoms with Gasteiger partial charge in [0.1, 0.15) is 23.2 Å². The quantitative estimate of drug-likeness (QED) is 0.791. The van der Waals surface area contributed by atoms with E-state index in [0.717, 1.165) is 0 Å². The van der Waals surface area contributed by atoms with Crippen LogP contribution in [0.3, 0.4) is 0 Å². The third-order valence-electron chi connectivity index (χ3n) is 3.68. The zero-order valence-corrected chi connectivity index (χ0v) is 13.1. The summed E-state index contributed by atoms with van der Waals surface area (Å²) in [5.74, 6) is 0.286. The Balaban J connectivity index is 1.81. The maximum Gasteiger partial charge on any atom is 0.145 e. The van der Waals surface area contributed by atoms with E-state index in [1.807, 2.05) is 13.8 Å². The van der Waals surface area contributed by atoms with Gasteiger partial charge >= 0.3 is 0 Å². The van der Waals surface area contributed by atoms with E-state index in [-0.39, 0.29) is 30.1 Å². The number of rotatable bonds is 5. The van der Waals surface area contributed by atoms with Gasteiger partial charge in [-0.25, -0.2) is 9.37 Å². The average Bonchev–Trinajstić information content (AvgIpc) is 2.99. The molecule has 0 atom stereocenters. The number of aliphatic hydroxyl groups is 1. The van der Waals surface area contributed by atoms with E-state index in [9.17, 15) is 9.50 Å². The molecule has 0 spiro atoms. The molecule has 2 heterocycles. The van der Waals surface area contributed by atoms with Crippen molar-refractivity contribution in [2.24, 2.45) is 0 Å². The fourth-order valence-corrected chi connectivity index (χ4v) is 2.57. The molecule has 3 N–H and O–H groups in total. The van der Waals surface area contributed by atoms with Crippen molar-refractivity contribution < 1.29 is 14.2 Å². The molecule has 0 aliphatic carbocycles. The third-order valence-corrected chi connectivity index (χ3v) is 3.68. The summed E-state index contributed by atoms with van der Waals surface area (Å²) in [6, 6.07) is 4.24. The number of benzene rings is 1. The van der Waals surface area contributed by atoms with Crippen LogP contribution in [0, 0.1) is 11.2 Å². The van der Waals surface area contributed by atoms with Crippen LogP contribution in [0.2, 0.25) is 0 Å². The summed E-state index contributed by atoms with van der Waals surface area (Å²) < 4.78 is 18.8. The monoisotopic (exact) mass is 318 g/mol. The molecule has 2 aromatic rings. The minimum atomic E-state index is -0.361. The molecule has 6 nitrogen and oxygen atoms in total. The second-order valence-corrected chi connectivity index (χ2v) is 5.76. The largest absolute Gasteiger partial charge is 0.510 e. The first-order valence-electron chi connectivity index (χ1n) is 7.49. The molecule has 0 unspecified atom stereocenters. The summed E-state index contributed by atoms with van der Waals surface area (Å²) >= 11 is 0. The van der Waals surface area contributed by atoms with Crippen LogP contribution in [0.15, 0.2) is 24.0 Å². The molecule has 0 fully saturated rings. The van der Waals surface area contributed by atoms with Crippen molar-refractivity contribution in [2.75, 3.05) is 19.7 Å². The summed E-state index contributed by atoms with van der Waals surface area (Å²) in [6.07, 6.45) is 0.123. The van der Waals surface area contributed by atoms with Crippen molar-refractivity contribution >= 4 is 22.4 Å². The van der Waals surface area contributed by atoms with Crippen LogP contribution in [0.4, 0.5) is 4.39 Å². The highest BCUT2D eigenvalue weighted by Gasteiger charge is 2.30. The predicted octanol–water partition coefficient (Wildman–Crippen LogP) is 2.69. The zero-order chi connectivity index (χ0) is 16.6. The maximum absolute atomic E-state index is 13.3. The zero-order valence-electron chi connectivity index (χ0n) is 13.1. The van der Waals surface area contributed by atoms with Crippen molar-refractivity contribution in [1.29, 1.82) is 5.41 Å². The Hall–Kier alpha value is -2.41. The molecule has 0 amide bonds. The SMILES string of the molecule is CC(C)OCCN1CC(O)=C(c2nc3ccc(F)cc3[nH]2)C1=N. The number of amidine groups is 1. The summed E-state index contributed by atoms with van der Waals surface area (Å²) in [5.41, 5.74) is 1.48. The predicted molar refractivity (Wildman–Crippen MR) is 86.0 cm³/mol. The van der Waals surface area contributed by atoms with Crippen LogP contribution in [-0.2, 0) is 4.74 Å². The number of nitrogens with one attached hydrogen (secondary N) is 2. The van der Waals surface area contributed by atoms with Crippen molar-refractivity contribution in [1.82, 2.24) is 14.9 Å². The highest BCUT2D eigenvalue weighted by Crippen LogP contribution is 2.27. The molecule has 0 saturated carbocycles. The van der Waals surface area contributed by atoms with Crippen LogP contribution in [0.25, 0.3) is 16.6 Å². The van der Waals surface area contributed by atoms with Gasteiger partial charge in [-0.3, -0.25) is 5.41 Å². The van der Waals surface area contributed by atoms with E-state index < -0.39 is 0 Å². The summed E-state index contributed by atoms with van der Waals surface area (Å²) in [7, 11) is 0. The average molecular weight is 318 g/mol. The first-order valence-corrected chi connectivity index (χ1v) is 7.49. The number of halogens is 1. The molecule has 0 saturated heterocycles. The van der Waals surface area contributed by atoms with E-state index in [1.165, 1.54) is 12.1 Å². The maximum atomic E-state index is 13.3. The van der Waals surface area contributed by atoms with Gasteiger partial charge in [0.2, 0.25) is 0 Å². The number of hydrogen-bond acceptors (Lipinski definition) is 4. The topological polar surface area (TPSA) is 85.2 Å². The second kappa shape index (κ2) is 6.00. The van der Waals surface area contributed by atoms with Gasteiger partial charge < -0.3 is 19.7 Å². The minimum absolute atomic E-state index is 0.0825. The molecule has 23 heavy (non-hydrogen) atoms. The third kappa shape index (κ3) is 3.05. The molecule has 7 heteroatoms. The number of nitrogens with zero attached hydrogens (tertiary/aromatic N) is 2. The standard InChI is InChI=1S/C16H19FN4O2/c1-9(2)23-6-5-21-8-13(22)14(15(21)18)16-19-11-4-3-10(17)7-12(11)20-16/h3-4,7,9,18,22H,5-6,8H2,1-2H3,(H,19,20). The summed E-state index contributed by atoms with van der Waals surface area (Å²) in [6.45, 7) is 5.14. The Morgan fingerprint density at radius 2 is 2.26 bits per heavy atom. The Morgan fingerprint density at radius 1 is 1.48 bits per heavy atom. The lowest BCUT2D eigenvalue weighted by Crippen LogP contribution is -2.31. The van der Waals surface area contributed by atoms with Crippen LogP contribution in [0.1, 0.15) is 19.7 Å². The van der Waals surface area contributed by atoms with E-state index in [2.05, 4.69) is 9.97 Å². The van der Waals surface area contributed by atoms with Crippen molar-refractivity contribution in [3.05, 3.63) is 35.6 Å². The highest BCUT2D eigenvalue weighted by atomic mass is 19.1. The number of aliphatic hydroxyl groups excluding tert-OH is 1. The van der Waals surface area contributed by atoms with E-state index in [0.29, 0.717) is 35.6 Å². The van der Waals surface area contributed by atoms with Gasteiger partial charge in [0, 0.05) is 6.54 Å². The number of aromatic nitrogens is 2. The van der Waals surface area contributed by atoms with Gasteiger partial charge in [-0.2, -0.15) is 0 Å². The van der Waals surface area contributed by atoms with Gasteiger partial charge in [-0.15, -0.1) is 0 Å². The molecule has 122 valence electrons. The number of fused-ring (bicyclic) bond motifs is 1. The number of ether oxygens (including phenoxy) is 1. The lowest BCUT2D eigenvalue weighted by atomic mass is 10.2. The molecule has 0 radical (unpaired) electrons. The van der Waals surface area contributed by atoms with Crippen LogP contribution in [0.5, 0.6) is 0 Å². The minimum Gasteiger partial charge on any atom is -0.510 e. The molecule has 1 aromatic heterocycles. The lowest BCUT2D eigenvalue weighted by molar-refractivity contribution is 0.0705. The van der Waals surface area contributed by atoms with Gasteiger partial charge in [0.05, 0.1) is 35.9 Å². The Kier molecular flexibility index (Phi) is 4.04. The molecule has 1 aromatic carbocycles. The normalized spacial score (nSPS) is 15.5. The molecular formula is C16H19FN4O2. The van der Waals surface area contributed by atoms with Crippen molar-refractivity contribution in [3.8, 4) is 0 Å². The van der Waals surface area contributed by atoms with E-state index in [1.54, 1.807) is 11.0 Å². The molecular weight excluding hydrogens is 299 g/mol. The van der Waals surface area contributed by atoms with Crippen LogP contribution >= 0.6 is 0 Å². The van der Waals surface area contributed by atoms with Gasteiger partial charge in [0.25, 0.3) is 0 Å². The van der Waals surface area contributed by atoms with Crippen molar-refractivity contribution in [2.45, 2.75) is 20.0 Å². The molecule has 3 rings (SSSR count). The Morgan fingerprint density at radius 3 is 3.00 bits per heavy atom. The number of hydrogen-bond donors (Lipinski definition) is 3. The van der Waals surface area contributed by atoms with Gasteiger partial charge in [-0.1, -0.05) is 0 Å². The number of aromatic amines is 1. The summed E-state index contributed by atoms with van der Waals surface area (Å²) in [5, 5.41) is 18.4. The Bertz CT molecular complexity index is 781. The van der Waals surface area contributed by atoms with Crippen LogP contribution in [-0.4, -0.2) is 51.6 Å². The smallest absolute Gasteiger partial charge is 0.145 e. The first kappa shape index (κ1) is 15.5. The Labute approximate surface area is 133 Å². The molecule has 0 bridgehead atoms. The van der Waals surface area contributed by atoms with Gasteiger partial charge in [0.15, 0.2) is 0 Å². The molecule has 1 aliphatic rings. The van der Waals surface area contributed by atoms with Crippen LogP contribution < -0.4 is 0 Å². The van der Waals surface area contributed by atoms with Crippen molar-refractivity contribution in [3.63, 3.8) is 0 Å². The fourth-order valence-electron chi connectivity index (χ4n) is 2.57. The fraction of sp³-hybridized carbons (Fsp3) is 0.375. The highest BCUT2D eigenvalue weighted by molar-refractivity contribution is 6.23. The lowest BCUT2D eigenvalue weighted by Gasteiger charge is -2.19.